The third-order valence-corrected chi connectivity index (χ3v) is 4.96. The summed E-state index contributed by atoms with van der Waals surface area (Å²) in [6, 6.07) is 24.5. The van der Waals surface area contributed by atoms with Crippen LogP contribution in [0.25, 0.3) is 0 Å². The summed E-state index contributed by atoms with van der Waals surface area (Å²) >= 11 is 0. The molecule has 2 amide bonds. The molecule has 0 aliphatic rings. The van der Waals surface area contributed by atoms with E-state index < -0.39 is 0 Å². The van der Waals surface area contributed by atoms with Crippen molar-refractivity contribution in [1.82, 2.24) is 0 Å². The van der Waals surface area contributed by atoms with Gasteiger partial charge in [-0.2, -0.15) is 0 Å². The Hall–Kier alpha value is -3.40. The minimum absolute atomic E-state index is 0.0623. The lowest BCUT2D eigenvalue weighted by atomic mass is 9.96. The lowest BCUT2D eigenvalue weighted by molar-refractivity contribution is -0.117. The summed E-state index contributed by atoms with van der Waals surface area (Å²) < 4.78 is 0. The van der Waals surface area contributed by atoms with Gasteiger partial charge in [-0.05, 0) is 66.8 Å². The fourth-order valence-electron chi connectivity index (χ4n) is 3.25. The predicted octanol–water partition coefficient (Wildman–Crippen LogP) is 5.88. The highest BCUT2D eigenvalue weighted by atomic mass is 16.2. The van der Waals surface area contributed by atoms with E-state index in [4.69, 9.17) is 0 Å². The molecule has 3 aromatic rings. The van der Waals surface area contributed by atoms with Crippen molar-refractivity contribution in [2.45, 2.75) is 33.1 Å². The molecule has 0 aliphatic carbocycles. The minimum Gasteiger partial charge on any atom is -0.326 e. The summed E-state index contributed by atoms with van der Waals surface area (Å²) in [6.45, 7) is 6.30. The standard InChI is InChI=1S/C26H28N2O2/c1-18(2)17-20-9-11-21(12-10-20)19(3)25(29)27-23-13-15-24(16-14-23)28-26(30)22-7-5-4-6-8-22/h4-16,18-19H,17H2,1-3H3,(H,27,29)(H,28,30). The molecule has 154 valence electrons. The van der Waals surface area contributed by atoms with E-state index in [2.05, 4.69) is 36.6 Å². The second kappa shape index (κ2) is 9.88. The fraction of sp³-hybridized carbons (Fsp3) is 0.231. The first-order valence-corrected chi connectivity index (χ1v) is 10.3. The van der Waals surface area contributed by atoms with E-state index in [1.54, 1.807) is 36.4 Å². The number of rotatable bonds is 7. The van der Waals surface area contributed by atoms with Crippen molar-refractivity contribution in [1.29, 1.82) is 0 Å². The molecule has 0 aliphatic heterocycles. The molecule has 0 bridgehead atoms. The number of nitrogens with one attached hydrogen (secondary N) is 2. The van der Waals surface area contributed by atoms with Crippen LogP contribution in [0.2, 0.25) is 0 Å². The number of hydrogen-bond acceptors (Lipinski definition) is 2. The molecule has 4 nitrogen and oxygen atoms in total. The Balaban J connectivity index is 1.58. The molecular formula is C26H28N2O2. The largest absolute Gasteiger partial charge is 0.326 e. The first-order chi connectivity index (χ1) is 14.4. The Morgan fingerprint density at radius 2 is 1.30 bits per heavy atom. The van der Waals surface area contributed by atoms with Crippen LogP contribution in [-0.2, 0) is 11.2 Å². The third kappa shape index (κ3) is 5.80. The van der Waals surface area contributed by atoms with E-state index in [9.17, 15) is 9.59 Å². The first kappa shape index (κ1) is 21.3. The van der Waals surface area contributed by atoms with Gasteiger partial charge in [-0.15, -0.1) is 0 Å². The molecule has 1 unspecified atom stereocenters. The highest BCUT2D eigenvalue weighted by Gasteiger charge is 2.15. The van der Waals surface area contributed by atoms with Crippen molar-refractivity contribution >= 4 is 23.2 Å². The monoisotopic (exact) mass is 400 g/mol. The summed E-state index contributed by atoms with van der Waals surface area (Å²) in [5.74, 6) is 0.127. The molecule has 0 heterocycles. The molecule has 0 radical (unpaired) electrons. The van der Waals surface area contributed by atoms with Gasteiger partial charge >= 0.3 is 0 Å². The molecule has 1 atom stereocenters. The number of benzene rings is 3. The number of anilines is 2. The second-order valence-electron chi connectivity index (χ2n) is 7.95. The molecule has 0 spiro atoms. The molecule has 4 heteroatoms. The Kier molecular flexibility index (Phi) is 7.02. The summed E-state index contributed by atoms with van der Waals surface area (Å²) in [5, 5.41) is 5.80. The van der Waals surface area contributed by atoms with Gasteiger partial charge in [-0.25, -0.2) is 0 Å². The van der Waals surface area contributed by atoms with Crippen molar-refractivity contribution < 1.29 is 9.59 Å². The average molecular weight is 401 g/mol. The van der Waals surface area contributed by atoms with E-state index >= 15 is 0 Å². The number of carbonyl (C=O) groups is 2. The summed E-state index contributed by atoms with van der Waals surface area (Å²) in [4.78, 5) is 24.9. The van der Waals surface area contributed by atoms with Gasteiger partial charge in [0.25, 0.3) is 5.91 Å². The third-order valence-electron chi connectivity index (χ3n) is 4.96. The molecule has 0 saturated heterocycles. The highest BCUT2D eigenvalue weighted by Crippen LogP contribution is 2.21. The normalized spacial score (nSPS) is 11.7. The van der Waals surface area contributed by atoms with Crippen LogP contribution in [-0.4, -0.2) is 11.8 Å². The van der Waals surface area contributed by atoms with Crippen LogP contribution in [0.5, 0.6) is 0 Å². The molecule has 0 aromatic heterocycles. The maximum atomic E-state index is 12.6. The van der Waals surface area contributed by atoms with Gasteiger partial charge in [0.15, 0.2) is 0 Å². The van der Waals surface area contributed by atoms with Crippen molar-refractivity contribution in [3.05, 3.63) is 95.6 Å². The van der Waals surface area contributed by atoms with E-state index in [1.165, 1.54) is 5.56 Å². The van der Waals surface area contributed by atoms with E-state index in [-0.39, 0.29) is 17.7 Å². The van der Waals surface area contributed by atoms with Gasteiger partial charge in [-0.3, -0.25) is 9.59 Å². The number of amides is 2. The van der Waals surface area contributed by atoms with Crippen LogP contribution in [0.3, 0.4) is 0 Å². The number of hydrogen-bond donors (Lipinski definition) is 2. The van der Waals surface area contributed by atoms with Crippen LogP contribution in [0.4, 0.5) is 11.4 Å². The average Bonchev–Trinajstić information content (AvgIpc) is 2.75. The van der Waals surface area contributed by atoms with Crippen LogP contribution < -0.4 is 10.6 Å². The topological polar surface area (TPSA) is 58.2 Å². The van der Waals surface area contributed by atoms with Gasteiger partial charge < -0.3 is 10.6 Å². The molecular weight excluding hydrogens is 372 g/mol. The molecule has 2 N–H and O–H groups in total. The smallest absolute Gasteiger partial charge is 0.255 e. The predicted molar refractivity (Wildman–Crippen MR) is 123 cm³/mol. The zero-order valence-electron chi connectivity index (χ0n) is 17.7. The number of carbonyl (C=O) groups excluding carboxylic acids is 2. The van der Waals surface area contributed by atoms with Crippen molar-refractivity contribution in [3.8, 4) is 0 Å². The first-order valence-electron chi connectivity index (χ1n) is 10.3. The van der Waals surface area contributed by atoms with Gasteiger partial charge in [0.05, 0.1) is 5.92 Å². The van der Waals surface area contributed by atoms with Crippen LogP contribution in [0.15, 0.2) is 78.9 Å². The van der Waals surface area contributed by atoms with Crippen molar-refractivity contribution in [3.63, 3.8) is 0 Å². The zero-order valence-corrected chi connectivity index (χ0v) is 17.7. The SMILES string of the molecule is CC(C)Cc1ccc(C(C)C(=O)Nc2ccc(NC(=O)c3ccccc3)cc2)cc1. The summed E-state index contributed by atoms with van der Waals surface area (Å²) in [7, 11) is 0. The van der Waals surface area contributed by atoms with Crippen LogP contribution in [0, 0.1) is 5.92 Å². The van der Waals surface area contributed by atoms with Gasteiger partial charge in [0, 0.05) is 16.9 Å². The summed E-state index contributed by atoms with van der Waals surface area (Å²) in [5.41, 5.74) is 4.25. The summed E-state index contributed by atoms with van der Waals surface area (Å²) in [6.07, 6.45) is 1.04. The van der Waals surface area contributed by atoms with Gasteiger partial charge in [0.1, 0.15) is 0 Å². The van der Waals surface area contributed by atoms with Crippen molar-refractivity contribution in [2.75, 3.05) is 10.6 Å². The maximum Gasteiger partial charge on any atom is 0.255 e. The minimum atomic E-state index is -0.254. The lowest BCUT2D eigenvalue weighted by Gasteiger charge is -2.14. The Morgan fingerprint density at radius 1 is 0.733 bits per heavy atom. The zero-order chi connectivity index (χ0) is 21.5. The Morgan fingerprint density at radius 3 is 1.87 bits per heavy atom. The van der Waals surface area contributed by atoms with Crippen molar-refractivity contribution in [2.24, 2.45) is 5.92 Å². The molecule has 30 heavy (non-hydrogen) atoms. The Labute approximate surface area is 178 Å². The van der Waals surface area contributed by atoms with E-state index in [0.29, 0.717) is 22.9 Å². The highest BCUT2D eigenvalue weighted by molar-refractivity contribution is 6.04. The van der Waals surface area contributed by atoms with E-state index in [0.717, 1.165) is 12.0 Å². The lowest BCUT2D eigenvalue weighted by Crippen LogP contribution is -2.19. The maximum absolute atomic E-state index is 12.6. The molecule has 3 rings (SSSR count). The quantitative estimate of drug-likeness (QED) is 0.520. The fourth-order valence-corrected chi connectivity index (χ4v) is 3.25. The molecule has 0 saturated carbocycles. The Bertz CT molecular complexity index is 978. The van der Waals surface area contributed by atoms with E-state index in [1.807, 2.05) is 37.3 Å². The van der Waals surface area contributed by atoms with Crippen LogP contribution >= 0.6 is 0 Å². The van der Waals surface area contributed by atoms with Gasteiger partial charge in [0.2, 0.25) is 5.91 Å². The van der Waals surface area contributed by atoms with Gasteiger partial charge in [-0.1, -0.05) is 56.3 Å². The second-order valence-corrected chi connectivity index (χ2v) is 7.95. The molecule has 3 aromatic carbocycles. The molecule has 0 fully saturated rings. The van der Waals surface area contributed by atoms with Crippen LogP contribution in [0.1, 0.15) is 48.2 Å².